The van der Waals surface area contributed by atoms with Crippen LogP contribution in [0.5, 0.6) is 0 Å². The summed E-state index contributed by atoms with van der Waals surface area (Å²) in [4.78, 5) is 25.2. The van der Waals surface area contributed by atoms with Crippen molar-refractivity contribution in [2.75, 3.05) is 18.4 Å². The molecule has 6 heteroatoms. The zero-order valence-corrected chi connectivity index (χ0v) is 13.3. The largest absolute Gasteiger partial charge is 0.351 e. The van der Waals surface area contributed by atoms with Crippen molar-refractivity contribution in [2.24, 2.45) is 11.1 Å². The molecule has 0 saturated carbocycles. The number of carbonyl (C=O) groups is 2. The lowest BCUT2D eigenvalue weighted by Crippen LogP contribution is -2.31. The molecule has 4 N–H and O–H groups in total. The Bertz CT molecular complexity index is 489. The SMILES string of the molecule is CCc1cc(C(=O)NCCN)c(NC(=O)C(C)(C)C)s1. The normalized spacial score (nSPS) is 11.2. The third kappa shape index (κ3) is 4.31. The van der Waals surface area contributed by atoms with E-state index >= 15 is 0 Å². The van der Waals surface area contributed by atoms with Crippen LogP contribution >= 0.6 is 11.3 Å². The molecule has 112 valence electrons. The van der Waals surface area contributed by atoms with Gasteiger partial charge in [-0.2, -0.15) is 0 Å². The minimum atomic E-state index is -0.499. The maximum atomic E-state index is 12.1. The van der Waals surface area contributed by atoms with Gasteiger partial charge in [-0.25, -0.2) is 0 Å². The van der Waals surface area contributed by atoms with Gasteiger partial charge in [0.15, 0.2) is 0 Å². The Balaban J connectivity index is 2.97. The maximum absolute atomic E-state index is 12.1. The fourth-order valence-corrected chi connectivity index (χ4v) is 2.44. The molecule has 1 heterocycles. The van der Waals surface area contributed by atoms with Gasteiger partial charge in [0, 0.05) is 23.4 Å². The van der Waals surface area contributed by atoms with Crippen molar-refractivity contribution in [1.82, 2.24) is 5.32 Å². The summed E-state index contributed by atoms with van der Waals surface area (Å²) in [7, 11) is 0. The van der Waals surface area contributed by atoms with E-state index in [1.807, 2.05) is 33.8 Å². The summed E-state index contributed by atoms with van der Waals surface area (Å²) in [6.45, 7) is 8.34. The summed E-state index contributed by atoms with van der Waals surface area (Å²) in [6.07, 6.45) is 0.827. The van der Waals surface area contributed by atoms with E-state index < -0.39 is 5.41 Å². The van der Waals surface area contributed by atoms with Gasteiger partial charge in [-0.15, -0.1) is 11.3 Å². The first-order valence-electron chi connectivity index (χ1n) is 6.72. The Morgan fingerprint density at radius 1 is 1.35 bits per heavy atom. The quantitative estimate of drug-likeness (QED) is 0.777. The number of hydrogen-bond acceptors (Lipinski definition) is 4. The number of nitrogens with two attached hydrogens (primary N) is 1. The Hall–Kier alpha value is -1.40. The molecule has 0 radical (unpaired) electrons. The fraction of sp³-hybridized carbons (Fsp3) is 0.571. The molecule has 0 aliphatic heterocycles. The molecular formula is C14H23N3O2S. The molecule has 1 aromatic heterocycles. The van der Waals surface area contributed by atoms with Gasteiger partial charge in [0.05, 0.1) is 5.56 Å². The van der Waals surface area contributed by atoms with Crippen LogP contribution in [-0.4, -0.2) is 24.9 Å². The van der Waals surface area contributed by atoms with E-state index in [9.17, 15) is 9.59 Å². The number of thiophene rings is 1. The van der Waals surface area contributed by atoms with Crippen LogP contribution in [0.1, 0.15) is 42.9 Å². The van der Waals surface area contributed by atoms with Crippen LogP contribution in [0.3, 0.4) is 0 Å². The third-order valence-corrected chi connectivity index (χ3v) is 3.91. The summed E-state index contributed by atoms with van der Waals surface area (Å²) < 4.78 is 0. The number of aryl methyl sites for hydroxylation is 1. The van der Waals surface area contributed by atoms with E-state index in [1.165, 1.54) is 11.3 Å². The van der Waals surface area contributed by atoms with Crippen molar-refractivity contribution < 1.29 is 9.59 Å². The van der Waals surface area contributed by atoms with Crippen molar-refractivity contribution in [3.63, 3.8) is 0 Å². The molecule has 0 bridgehead atoms. The van der Waals surface area contributed by atoms with E-state index in [2.05, 4.69) is 10.6 Å². The van der Waals surface area contributed by atoms with Gasteiger partial charge in [0.25, 0.3) is 5.91 Å². The first kappa shape index (κ1) is 16.7. The van der Waals surface area contributed by atoms with Crippen molar-refractivity contribution in [3.05, 3.63) is 16.5 Å². The molecule has 2 amide bonds. The molecule has 1 aromatic rings. The highest BCUT2D eigenvalue weighted by atomic mass is 32.1. The molecule has 0 aromatic carbocycles. The summed E-state index contributed by atoms with van der Waals surface area (Å²) in [5, 5.41) is 6.19. The number of anilines is 1. The Kier molecular flexibility index (Phi) is 5.71. The molecule has 0 unspecified atom stereocenters. The predicted molar refractivity (Wildman–Crippen MR) is 83.2 cm³/mol. The van der Waals surface area contributed by atoms with Crippen LogP contribution in [-0.2, 0) is 11.2 Å². The van der Waals surface area contributed by atoms with Gasteiger partial charge in [0.1, 0.15) is 5.00 Å². The van der Waals surface area contributed by atoms with Gasteiger partial charge in [-0.3, -0.25) is 9.59 Å². The van der Waals surface area contributed by atoms with E-state index in [4.69, 9.17) is 5.73 Å². The van der Waals surface area contributed by atoms with Crippen LogP contribution < -0.4 is 16.4 Å². The monoisotopic (exact) mass is 297 g/mol. The fourth-order valence-electron chi connectivity index (χ4n) is 1.45. The van der Waals surface area contributed by atoms with Crippen LogP contribution in [0.25, 0.3) is 0 Å². The number of rotatable bonds is 5. The van der Waals surface area contributed by atoms with E-state index in [0.29, 0.717) is 23.7 Å². The highest BCUT2D eigenvalue weighted by Crippen LogP contribution is 2.30. The molecule has 5 nitrogen and oxygen atoms in total. The summed E-state index contributed by atoms with van der Waals surface area (Å²) in [5.41, 5.74) is 5.39. The summed E-state index contributed by atoms with van der Waals surface area (Å²) >= 11 is 1.44. The highest BCUT2D eigenvalue weighted by molar-refractivity contribution is 7.16. The number of nitrogens with one attached hydrogen (secondary N) is 2. The Labute approximate surface area is 123 Å². The second kappa shape index (κ2) is 6.85. The van der Waals surface area contributed by atoms with Crippen molar-refractivity contribution >= 4 is 28.2 Å². The number of amides is 2. The van der Waals surface area contributed by atoms with E-state index in [-0.39, 0.29) is 11.8 Å². The second-order valence-corrected chi connectivity index (χ2v) is 6.69. The highest BCUT2D eigenvalue weighted by Gasteiger charge is 2.24. The van der Waals surface area contributed by atoms with Gasteiger partial charge in [-0.05, 0) is 12.5 Å². The first-order valence-corrected chi connectivity index (χ1v) is 7.53. The van der Waals surface area contributed by atoms with Gasteiger partial charge < -0.3 is 16.4 Å². The Morgan fingerprint density at radius 3 is 2.50 bits per heavy atom. The number of hydrogen-bond donors (Lipinski definition) is 3. The third-order valence-electron chi connectivity index (χ3n) is 2.71. The molecule has 0 saturated heterocycles. The summed E-state index contributed by atoms with van der Waals surface area (Å²) in [6, 6.07) is 1.83. The molecular weight excluding hydrogens is 274 g/mol. The lowest BCUT2D eigenvalue weighted by molar-refractivity contribution is -0.123. The molecule has 0 spiro atoms. The molecule has 0 atom stereocenters. The van der Waals surface area contributed by atoms with Gasteiger partial charge >= 0.3 is 0 Å². The second-order valence-electron chi connectivity index (χ2n) is 5.56. The zero-order chi connectivity index (χ0) is 15.3. The topological polar surface area (TPSA) is 84.2 Å². The summed E-state index contributed by atoms with van der Waals surface area (Å²) in [5.74, 6) is -0.300. The van der Waals surface area contributed by atoms with Crippen molar-refractivity contribution in [3.8, 4) is 0 Å². The van der Waals surface area contributed by atoms with Crippen molar-refractivity contribution in [1.29, 1.82) is 0 Å². The minimum Gasteiger partial charge on any atom is -0.351 e. The molecule has 0 fully saturated rings. The first-order chi connectivity index (χ1) is 9.29. The van der Waals surface area contributed by atoms with Gasteiger partial charge in [0.2, 0.25) is 5.91 Å². The standard InChI is InChI=1S/C14H23N3O2S/c1-5-9-8-10(11(18)16-7-6-15)12(20-9)17-13(19)14(2,3)4/h8H,5-7,15H2,1-4H3,(H,16,18)(H,17,19). The average Bonchev–Trinajstić information content (AvgIpc) is 2.78. The van der Waals surface area contributed by atoms with Crippen LogP contribution in [0.15, 0.2) is 6.07 Å². The number of carbonyl (C=O) groups excluding carboxylic acids is 2. The minimum absolute atomic E-state index is 0.102. The van der Waals surface area contributed by atoms with Gasteiger partial charge in [-0.1, -0.05) is 27.7 Å². The molecule has 0 aliphatic carbocycles. The smallest absolute Gasteiger partial charge is 0.254 e. The molecule has 0 aliphatic rings. The maximum Gasteiger partial charge on any atom is 0.254 e. The van der Waals surface area contributed by atoms with Crippen LogP contribution in [0.2, 0.25) is 0 Å². The molecule has 20 heavy (non-hydrogen) atoms. The Morgan fingerprint density at radius 2 is 2.00 bits per heavy atom. The van der Waals surface area contributed by atoms with Crippen LogP contribution in [0, 0.1) is 5.41 Å². The molecule has 1 rings (SSSR count). The van der Waals surface area contributed by atoms with E-state index in [1.54, 1.807) is 0 Å². The lowest BCUT2D eigenvalue weighted by atomic mass is 9.96. The zero-order valence-electron chi connectivity index (χ0n) is 12.5. The van der Waals surface area contributed by atoms with Crippen molar-refractivity contribution in [2.45, 2.75) is 34.1 Å². The predicted octanol–water partition coefficient (Wildman–Crippen LogP) is 1.98. The average molecular weight is 297 g/mol. The lowest BCUT2D eigenvalue weighted by Gasteiger charge is -2.17. The van der Waals surface area contributed by atoms with E-state index in [0.717, 1.165) is 11.3 Å². The van der Waals surface area contributed by atoms with Crippen LogP contribution in [0.4, 0.5) is 5.00 Å².